The van der Waals surface area contributed by atoms with Gasteiger partial charge in [-0.2, -0.15) is 0 Å². The maximum absolute atomic E-state index is 11.4. The van der Waals surface area contributed by atoms with Gasteiger partial charge in [-0.25, -0.2) is 0 Å². The number of carbonyl (C=O) groups is 1. The maximum Gasteiger partial charge on any atom is 0.314 e. The zero-order chi connectivity index (χ0) is 10.1. The number of hydrogen-bond donors (Lipinski definition) is 0. The van der Waals surface area contributed by atoms with Gasteiger partial charge in [-0.15, -0.1) is 11.8 Å². The van der Waals surface area contributed by atoms with Crippen LogP contribution in [-0.4, -0.2) is 18.8 Å². The van der Waals surface area contributed by atoms with E-state index in [2.05, 4.69) is 0 Å². The summed E-state index contributed by atoms with van der Waals surface area (Å²) in [6.07, 6.45) is 0. The molecule has 0 spiro atoms. The third kappa shape index (κ3) is 1.62. The van der Waals surface area contributed by atoms with Crippen LogP contribution in [0.5, 0.6) is 0 Å². The van der Waals surface area contributed by atoms with Crippen LogP contribution in [0.3, 0.4) is 0 Å². The van der Waals surface area contributed by atoms with E-state index in [1.165, 1.54) is 7.11 Å². The molecule has 0 saturated carbocycles. The highest BCUT2D eigenvalue weighted by molar-refractivity contribution is 7.99. The lowest BCUT2D eigenvalue weighted by atomic mass is 10.0. The average molecular weight is 229 g/mol. The third-order valence-corrected chi connectivity index (χ3v) is 3.66. The van der Waals surface area contributed by atoms with Crippen molar-refractivity contribution >= 4 is 29.3 Å². The van der Waals surface area contributed by atoms with E-state index >= 15 is 0 Å². The quantitative estimate of drug-likeness (QED) is 0.692. The summed E-state index contributed by atoms with van der Waals surface area (Å²) >= 11 is 7.54. The minimum absolute atomic E-state index is 0.154. The summed E-state index contributed by atoms with van der Waals surface area (Å²) in [4.78, 5) is 12.5. The van der Waals surface area contributed by atoms with Crippen LogP contribution in [0.2, 0.25) is 5.02 Å². The minimum atomic E-state index is -0.182. The van der Waals surface area contributed by atoms with Crippen molar-refractivity contribution in [3.8, 4) is 0 Å². The molecule has 1 aliphatic rings. The fraction of sp³-hybridized carbons (Fsp3) is 0.300. The molecule has 0 aromatic heterocycles. The van der Waals surface area contributed by atoms with Gasteiger partial charge in [-0.3, -0.25) is 4.79 Å². The van der Waals surface area contributed by atoms with Crippen molar-refractivity contribution in [2.75, 3.05) is 12.9 Å². The first-order valence-electron chi connectivity index (χ1n) is 4.22. The van der Waals surface area contributed by atoms with Gasteiger partial charge < -0.3 is 4.74 Å². The van der Waals surface area contributed by atoms with E-state index in [4.69, 9.17) is 16.3 Å². The van der Waals surface area contributed by atoms with Crippen molar-refractivity contribution in [3.05, 3.63) is 28.8 Å². The number of benzene rings is 1. The molecule has 0 aliphatic carbocycles. The number of esters is 1. The first-order chi connectivity index (χ1) is 6.72. The Kier molecular flexibility index (Phi) is 2.70. The predicted octanol–water partition coefficient (Wildman–Crippen LogP) is 2.70. The van der Waals surface area contributed by atoms with E-state index < -0.39 is 0 Å². The predicted molar refractivity (Wildman–Crippen MR) is 56.9 cm³/mol. The summed E-state index contributed by atoms with van der Waals surface area (Å²) in [6, 6.07) is 5.64. The average Bonchev–Trinajstić information content (AvgIpc) is 2.59. The molecular weight excluding hydrogens is 220 g/mol. The highest BCUT2D eigenvalue weighted by Gasteiger charge is 2.30. The number of carbonyl (C=O) groups excluding carboxylic acids is 1. The van der Waals surface area contributed by atoms with Crippen molar-refractivity contribution < 1.29 is 9.53 Å². The van der Waals surface area contributed by atoms with E-state index in [1.807, 2.05) is 18.2 Å². The molecular formula is C10H9ClO2S. The Labute approximate surface area is 91.6 Å². The second-order valence-electron chi connectivity index (χ2n) is 3.07. The van der Waals surface area contributed by atoms with Crippen molar-refractivity contribution in [2.45, 2.75) is 10.8 Å². The van der Waals surface area contributed by atoms with E-state index in [-0.39, 0.29) is 11.9 Å². The molecule has 2 rings (SSSR count). The largest absolute Gasteiger partial charge is 0.469 e. The molecule has 0 saturated heterocycles. The van der Waals surface area contributed by atoms with Gasteiger partial charge in [0.05, 0.1) is 13.0 Å². The molecule has 0 bridgehead atoms. The monoisotopic (exact) mass is 228 g/mol. The molecule has 0 amide bonds. The molecule has 0 N–H and O–H groups in total. The summed E-state index contributed by atoms with van der Waals surface area (Å²) in [6.45, 7) is 0. The molecule has 1 aliphatic heterocycles. The molecule has 1 unspecified atom stereocenters. The molecule has 1 aromatic carbocycles. The first kappa shape index (κ1) is 9.87. The van der Waals surface area contributed by atoms with Crippen LogP contribution >= 0.6 is 23.4 Å². The van der Waals surface area contributed by atoms with Crippen molar-refractivity contribution in [3.63, 3.8) is 0 Å². The lowest BCUT2D eigenvalue weighted by Gasteiger charge is -2.07. The lowest BCUT2D eigenvalue weighted by molar-refractivity contribution is -0.141. The molecule has 0 fully saturated rings. The van der Waals surface area contributed by atoms with Gasteiger partial charge in [0.2, 0.25) is 0 Å². The number of ether oxygens (including phenoxy) is 1. The molecule has 2 nitrogen and oxygen atoms in total. The van der Waals surface area contributed by atoms with E-state index in [1.54, 1.807) is 11.8 Å². The summed E-state index contributed by atoms with van der Waals surface area (Å²) < 4.78 is 4.74. The zero-order valence-electron chi connectivity index (χ0n) is 7.62. The zero-order valence-corrected chi connectivity index (χ0v) is 9.19. The number of hydrogen-bond acceptors (Lipinski definition) is 3. The molecule has 14 heavy (non-hydrogen) atoms. The van der Waals surface area contributed by atoms with Gasteiger partial charge in [0.25, 0.3) is 0 Å². The van der Waals surface area contributed by atoms with E-state index in [0.29, 0.717) is 5.02 Å². The fourth-order valence-electron chi connectivity index (χ4n) is 1.52. The van der Waals surface area contributed by atoms with Crippen LogP contribution in [0.1, 0.15) is 11.5 Å². The Morgan fingerprint density at radius 3 is 3.14 bits per heavy atom. The number of methoxy groups -OCH3 is 1. The molecule has 1 heterocycles. The van der Waals surface area contributed by atoms with Crippen LogP contribution in [-0.2, 0) is 9.53 Å². The highest BCUT2D eigenvalue weighted by atomic mass is 35.5. The first-order valence-corrected chi connectivity index (χ1v) is 5.59. The Bertz CT molecular complexity index is 378. The normalized spacial score (nSPS) is 19.1. The van der Waals surface area contributed by atoms with Gasteiger partial charge in [0.15, 0.2) is 0 Å². The highest BCUT2D eigenvalue weighted by Crippen LogP contribution is 2.41. The summed E-state index contributed by atoms with van der Waals surface area (Å²) in [5.41, 5.74) is 0.995. The number of fused-ring (bicyclic) bond motifs is 1. The van der Waals surface area contributed by atoms with Gasteiger partial charge in [-0.05, 0) is 23.8 Å². The van der Waals surface area contributed by atoms with Gasteiger partial charge in [-0.1, -0.05) is 11.6 Å². The number of halogens is 1. The third-order valence-electron chi connectivity index (χ3n) is 2.24. The van der Waals surface area contributed by atoms with Gasteiger partial charge in [0.1, 0.15) is 0 Å². The maximum atomic E-state index is 11.4. The fourth-order valence-corrected chi connectivity index (χ4v) is 2.90. The van der Waals surface area contributed by atoms with Crippen molar-refractivity contribution in [1.29, 1.82) is 0 Å². The standard InChI is InChI=1S/C10H9ClO2S/c1-13-10(12)8-5-14-9-3-2-6(11)4-7(8)9/h2-4,8H,5H2,1H3. The lowest BCUT2D eigenvalue weighted by Crippen LogP contribution is -2.13. The van der Waals surface area contributed by atoms with E-state index in [0.717, 1.165) is 16.2 Å². The molecule has 0 radical (unpaired) electrons. The second kappa shape index (κ2) is 3.83. The minimum Gasteiger partial charge on any atom is -0.469 e. The molecule has 4 heteroatoms. The van der Waals surface area contributed by atoms with Crippen molar-refractivity contribution in [2.24, 2.45) is 0 Å². The van der Waals surface area contributed by atoms with E-state index in [9.17, 15) is 4.79 Å². The Morgan fingerprint density at radius 1 is 1.64 bits per heavy atom. The molecule has 1 atom stereocenters. The Hall–Kier alpha value is -0.670. The SMILES string of the molecule is COC(=O)C1CSc2ccc(Cl)cc21. The Morgan fingerprint density at radius 2 is 2.43 bits per heavy atom. The van der Waals surface area contributed by atoms with Gasteiger partial charge >= 0.3 is 5.97 Å². The summed E-state index contributed by atoms with van der Waals surface area (Å²) in [5.74, 6) is 0.416. The van der Waals surface area contributed by atoms with Crippen LogP contribution in [0.15, 0.2) is 23.1 Å². The van der Waals surface area contributed by atoms with Crippen LogP contribution in [0.4, 0.5) is 0 Å². The number of rotatable bonds is 1. The van der Waals surface area contributed by atoms with Crippen LogP contribution < -0.4 is 0 Å². The smallest absolute Gasteiger partial charge is 0.314 e. The topological polar surface area (TPSA) is 26.3 Å². The van der Waals surface area contributed by atoms with Crippen LogP contribution in [0.25, 0.3) is 0 Å². The van der Waals surface area contributed by atoms with Crippen molar-refractivity contribution in [1.82, 2.24) is 0 Å². The molecule has 74 valence electrons. The second-order valence-corrected chi connectivity index (χ2v) is 4.57. The summed E-state index contributed by atoms with van der Waals surface area (Å²) in [5, 5.41) is 0.667. The number of thioether (sulfide) groups is 1. The summed E-state index contributed by atoms with van der Waals surface area (Å²) in [7, 11) is 1.41. The molecule has 1 aromatic rings. The van der Waals surface area contributed by atoms with Gasteiger partial charge in [0, 0.05) is 15.7 Å². The Balaban J connectivity index is 2.38. The van der Waals surface area contributed by atoms with Crippen LogP contribution in [0, 0.1) is 0 Å².